The summed E-state index contributed by atoms with van der Waals surface area (Å²) in [6.07, 6.45) is 2.58. The predicted molar refractivity (Wildman–Crippen MR) is 108 cm³/mol. The molecule has 2 aliphatic rings. The Morgan fingerprint density at radius 1 is 1.35 bits per heavy atom. The van der Waals surface area contributed by atoms with Crippen LogP contribution in [0.2, 0.25) is 0 Å². The molecule has 2 N–H and O–H groups in total. The standard InChI is InChI=1S/C19H32N4O2S/c1-15-5-6-17(25-15)16(23-8-10-24-11-9-23)13-21-18(20-3)22-14-19(2)7-4-12-26-19/h5-6,16H,4,7-14H2,1-3H3,(H2,20,21,22). The summed E-state index contributed by atoms with van der Waals surface area (Å²) in [7, 11) is 1.83. The highest BCUT2D eigenvalue weighted by Gasteiger charge is 2.30. The maximum Gasteiger partial charge on any atom is 0.191 e. The van der Waals surface area contributed by atoms with E-state index in [1.165, 1.54) is 18.6 Å². The summed E-state index contributed by atoms with van der Waals surface area (Å²) in [5.41, 5.74) is 0. The summed E-state index contributed by atoms with van der Waals surface area (Å²) in [6.45, 7) is 9.44. The summed E-state index contributed by atoms with van der Waals surface area (Å²) in [6, 6.07) is 4.31. The van der Waals surface area contributed by atoms with Crippen molar-refractivity contribution < 1.29 is 9.15 Å². The molecule has 0 spiro atoms. The van der Waals surface area contributed by atoms with E-state index in [9.17, 15) is 0 Å². The van der Waals surface area contributed by atoms with Gasteiger partial charge in [0.15, 0.2) is 5.96 Å². The normalized spacial score (nSPS) is 26.0. The number of furan rings is 1. The molecule has 7 heteroatoms. The van der Waals surface area contributed by atoms with Crippen LogP contribution in [0.3, 0.4) is 0 Å². The Hall–Kier alpha value is -1.18. The summed E-state index contributed by atoms with van der Waals surface area (Å²) >= 11 is 2.06. The molecular formula is C19H32N4O2S. The Bertz CT molecular complexity index is 592. The number of rotatable bonds is 6. The Kier molecular flexibility index (Phi) is 6.89. The zero-order valence-corrected chi connectivity index (χ0v) is 17.0. The highest BCUT2D eigenvalue weighted by atomic mass is 32.2. The lowest BCUT2D eigenvalue weighted by atomic mass is 10.1. The molecular weight excluding hydrogens is 348 g/mol. The van der Waals surface area contributed by atoms with Crippen molar-refractivity contribution in [3.8, 4) is 0 Å². The van der Waals surface area contributed by atoms with Gasteiger partial charge in [-0.2, -0.15) is 11.8 Å². The van der Waals surface area contributed by atoms with Crippen LogP contribution in [-0.4, -0.2) is 67.8 Å². The van der Waals surface area contributed by atoms with Crippen molar-refractivity contribution in [2.75, 3.05) is 52.2 Å². The molecule has 1 aromatic rings. The van der Waals surface area contributed by atoms with E-state index in [0.717, 1.165) is 56.9 Å². The molecule has 2 saturated heterocycles. The van der Waals surface area contributed by atoms with E-state index in [-0.39, 0.29) is 6.04 Å². The van der Waals surface area contributed by atoms with Crippen LogP contribution in [0.1, 0.15) is 37.3 Å². The third-order valence-electron chi connectivity index (χ3n) is 5.19. The van der Waals surface area contributed by atoms with E-state index >= 15 is 0 Å². The highest BCUT2D eigenvalue weighted by molar-refractivity contribution is 8.00. The first-order valence-corrected chi connectivity index (χ1v) is 10.5. The number of nitrogens with zero attached hydrogens (tertiary/aromatic N) is 2. The number of hydrogen-bond donors (Lipinski definition) is 2. The van der Waals surface area contributed by atoms with Gasteiger partial charge < -0.3 is 19.8 Å². The average Bonchev–Trinajstić information content (AvgIpc) is 3.28. The van der Waals surface area contributed by atoms with Crippen LogP contribution < -0.4 is 10.6 Å². The first-order valence-electron chi connectivity index (χ1n) is 9.56. The van der Waals surface area contributed by atoms with E-state index in [2.05, 4.69) is 45.3 Å². The van der Waals surface area contributed by atoms with Crippen LogP contribution >= 0.6 is 11.8 Å². The van der Waals surface area contributed by atoms with E-state index in [4.69, 9.17) is 9.15 Å². The van der Waals surface area contributed by atoms with E-state index in [1.807, 2.05) is 20.0 Å². The Morgan fingerprint density at radius 2 is 2.15 bits per heavy atom. The van der Waals surface area contributed by atoms with Crippen molar-refractivity contribution in [1.82, 2.24) is 15.5 Å². The van der Waals surface area contributed by atoms with Gasteiger partial charge in [-0.05, 0) is 44.6 Å². The van der Waals surface area contributed by atoms with E-state index < -0.39 is 0 Å². The molecule has 2 aliphatic heterocycles. The first kappa shape index (κ1) is 19.6. The van der Waals surface area contributed by atoms with Gasteiger partial charge in [0.05, 0.1) is 19.3 Å². The minimum absolute atomic E-state index is 0.183. The van der Waals surface area contributed by atoms with Gasteiger partial charge in [-0.25, -0.2) is 0 Å². The van der Waals surface area contributed by atoms with Gasteiger partial charge in [-0.3, -0.25) is 9.89 Å². The number of nitrogens with one attached hydrogen (secondary N) is 2. The van der Waals surface area contributed by atoms with Crippen LogP contribution in [-0.2, 0) is 4.74 Å². The first-order chi connectivity index (χ1) is 12.6. The van der Waals surface area contributed by atoms with Crippen LogP contribution in [0.25, 0.3) is 0 Å². The van der Waals surface area contributed by atoms with Gasteiger partial charge in [0.25, 0.3) is 0 Å². The molecule has 0 aromatic carbocycles. The molecule has 2 fully saturated rings. The fourth-order valence-electron chi connectivity index (χ4n) is 3.59. The molecule has 6 nitrogen and oxygen atoms in total. The molecule has 0 aliphatic carbocycles. The Labute approximate surface area is 161 Å². The third-order valence-corrected chi connectivity index (χ3v) is 6.73. The molecule has 26 heavy (non-hydrogen) atoms. The number of guanidine groups is 1. The number of morpholine rings is 1. The Morgan fingerprint density at radius 3 is 2.77 bits per heavy atom. The molecule has 3 rings (SSSR count). The summed E-state index contributed by atoms with van der Waals surface area (Å²) in [5.74, 6) is 4.08. The lowest BCUT2D eigenvalue weighted by molar-refractivity contribution is 0.0124. The molecule has 1 aromatic heterocycles. The van der Waals surface area contributed by atoms with Crippen LogP contribution in [0, 0.1) is 6.92 Å². The number of aryl methyl sites for hydroxylation is 1. The average molecular weight is 381 g/mol. The van der Waals surface area contributed by atoms with Gasteiger partial charge in [0.2, 0.25) is 0 Å². The lowest BCUT2D eigenvalue weighted by Crippen LogP contribution is -2.48. The van der Waals surface area contributed by atoms with Crippen LogP contribution in [0.5, 0.6) is 0 Å². The molecule has 3 heterocycles. The second-order valence-corrected chi connectivity index (χ2v) is 9.00. The molecule has 0 radical (unpaired) electrons. The largest absolute Gasteiger partial charge is 0.465 e. The van der Waals surface area contributed by atoms with Crippen molar-refractivity contribution >= 4 is 17.7 Å². The van der Waals surface area contributed by atoms with Crippen molar-refractivity contribution in [2.45, 2.75) is 37.5 Å². The molecule has 2 atom stereocenters. The maximum atomic E-state index is 5.94. The minimum Gasteiger partial charge on any atom is -0.465 e. The Balaban J connectivity index is 1.58. The minimum atomic E-state index is 0.183. The predicted octanol–water partition coefficient (Wildman–Crippen LogP) is 2.41. The zero-order chi connectivity index (χ0) is 18.4. The number of ether oxygens (including phenoxy) is 1. The lowest BCUT2D eigenvalue weighted by Gasteiger charge is -2.34. The quantitative estimate of drug-likeness (QED) is 0.584. The van der Waals surface area contributed by atoms with Crippen molar-refractivity contribution in [3.63, 3.8) is 0 Å². The second-order valence-electron chi connectivity index (χ2n) is 7.32. The fraction of sp³-hybridized carbons (Fsp3) is 0.737. The SMILES string of the molecule is CN=C(NCC(c1ccc(C)o1)N1CCOCC1)NCC1(C)CCCS1. The molecule has 2 unspecified atom stereocenters. The zero-order valence-electron chi connectivity index (χ0n) is 16.2. The van der Waals surface area contributed by atoms with Crippen molar-refractivity contribution in [2.24, 2.45) is 4.99 Å². The third kappa shape index (κ3) is 5.18. The fourth-order valence-corrected chi connectivity index (χ4v) is 4.84. The van der Waals surface area contributed by atoms with E-state index in [0.29, 0.717) is 4.75 Å². The molecule has 0 amide bonds. The maximum absolute atomic E-state index is 5.94. The second kappa shape index (κ2) is 9.15. The topological polar surface area (TPSA) is 62.0 Å². The van der Waals surface area contributed by atoms with Crippen LogP contribution in [0.15, 0.2) is 21.5 Å². The van der Waals surface area contributed by atoms with Gasteiger partial charge in [0.1, 0.15) is 11.5 Å². The number of aliphatic imine (C=N–C) groups is 1. The van der Waals surface area contributed by atoms with Crippen molar-refractivity contribution in [3.05, 3.63) is 23.7 Å². The molecule has 146 valence electrons. The summed E-state index contributed by atoms with van der Waals surface area (Å²) in [4.78, 5) is 6.83. The monoisotopic (exact) mass is 380 g/mol. The highest BCUT2D eigenvalue weighted by Crippen LogP contribution is 2.36. The molecule has 0 bridgehead atoms. The van der Waals surface area contributed by atoms with Gasteiger partial charge in [-0.1, -0.05) is 0 Å². The smallest absolute Gasteiger partial charge is 0.191 e. The summed E-state index contributed by atoms with van der Waals surface area (Å²) in [5, 5.41) is 7.01. The summed E-state index contributed by atoms with van der Waals surface area (Å²) < 4.78 is 11.8. The van der Waals surface area contributed by atoms with Gasteiger partial charge >= 0.3 is 0 Å². The van der Waals surface area contributed by atoms with Gasteiger partial charge in [-0.15, -0.1) is 0 Å². The number of thioether (sulfide) groups is 1. The van der Waals surface area contributed by atoms with E-state index in [1.54, 1.807) is 0 Å². The molecule has 0 saturated carbocycles. The van der Waals surface area contributed by atoms with Gasteiger partial charge in [0, 0.05) is 38.0 Å². The van der Waals surface area contributed by atoms with Crippen LogP contribution in [0.4, 0.5) is 0 Å². The van der Waals surface area contributed by atoms with Crippen molar-refractivity contribution in [1.29, 1.82) is 0 Å². The number of hydrogen-bond acceptors (Lipinski definition) is 5.